The summed E-state index contributed by atoms with van der Waals surface area (Å²) in [6.07, 6.45) is 0. The number of hydrogen-bond donors (Lipinski definition) is 2. The zero-order chi connectivity index (χ0) is 21.8. The van der Waals surface area contributed by atoms with Crippen molar-refractivity contribution >= 4 is 11.9 Å². The molecule has 3 aromatic carbocycles. The van der Waals surface area contributed by atoms with Crippen LogP contribution in [0.15, 0.2) is 91.0 Å². The number of nitrogens with one attached hydrogen (secondary N) is 1. The lowest BCUT2D eigenvalue weighted by atomic mass is 9.68. The molecule has 0 bridgehead atoms. The Labute approximate surface area is 177 Å². The van der Waals surface area contributed by atoms with Gasteiger partial charge in [0.2, 0.25) is 5.91 Å². The van der Waals surface area contributed by atoms with Crippen molar-refractivity contribution in [3.8, 4) is 0 Å². The van der Waals surface area contributed by atoms with Crippen LogP contribution in [0.1, 0.15) is 37.5 Å². The molecule has 0 aliphatic carbocycles. The normalized spacial score (nSPS) is 12.8. The molecular formula is C26H27NO3. The van der Waals surface area contributed by atoms with Crippen LogP contribution in [-0.4, -0.2) is 23.0 Å². The second kappa shape index (κ2) is 8.54. The van der Waals surface area contributed by atoms with Gasteiger partial charge in [0.25, 0.3) is 0 Å². The van der Waals surface area contributed by atoms with Gasteiger partial charge < -0.3 is 10.4 Å². The molecule has 0 heterocycles. The molecule has 0 aliphatic heterocycles. The molecule has 0 radical (unpaired) electrons. The highest BCUT2D eigenvalue weighted by molar-refractivity contribution is 5.98. The van der Waals surface area contributed by atoms with Gasteiger partial charge in [-0.25, -0.2) is 4.79 Å². The second-order valence-corrected chi connectivity index (χ2v) is 8.46. The van der Waals surface area contributed by atoms with Gasteiger partial charge >= 0.3 is 5.97 Å². The summed E-state index contributed by atoms with van der Waals surface area (Å²) < 4.78 is 0. The smallest absolute Gasteiger partial charge is 0.326 e. The van der Waals surface area contributed by atoms with Crippen LogP contribution < -0.4 is 5.32 Å². The molecule has 0 saturated carbocycles. The van der Waals surface area contributed by atoms with E-state index >= 15 is 0 Å². The van der Waals surface area contributed by atoms with E-state index in [2.05, 4.69) is 5.32 Å². The van der Waals surface area contributed by atoms with E-state index < -0.39 is 22.8 Å². The third-order valence-electron chi connectivity index (χ3n) is 5.35. The van der Waals surface area contributed by atoms with Crippen molar-refractivity contribution in [2.45, 2.75) is 32.2 Å². The number of carboxylic acids is 1. The third kappa shape index (κ3) is 3.99. The van der Waals surface area contributed by atoms with Gasteiger partial charge in [-0.2, -0.15) is 0 Å². The molecule has 1 atom stereocenters. The molecule has 4 heteroatoms. The molecule has 0 saturated heterocycles. The minimum Gasteiger partial charge on any atom is -0.480 e. The van der Waals surface area contributed by atoms with Crippen molar-refractivity contribution in [3.63, 3.8) is 0 Å². The van der Waals surface area contributed by atoms with E-state index in [0.717, 1.165) is 16.7 Å². The van der Waals surface area contributed by atoms with Gasteiger partial charge in [0, 0.05) is 0 Å². The van der Waals surface area contributed by atoms with E-state index in [0.29, 0.717) is 0 Å². The zero-order valence-corrected chi connectivity index (χ0v) is 17.5. The number of amides is 1. The number of carbonyl (C=O) groups excluding carboxylic acids is 1. The van der Waals surface area contributed by atoms with Gasteiger partial charge in [0.05, 0.1) is 0 Å². The van der Waals surface area contributed by atoms with Crippen molar-refractivity contribution in [3.05, 3.63) is 108 Å². The molecule has 0 fully saturated rings. The summed E-state index contributed by atoms with van der Waals surface area (Å²) in [7, 11) is 0. The van der Waals surface area contributed by atoms with Crippen molar-refractivity contribution in [2.24, 2.45) is 5.41 Å². The van der Waals surface area contributed by atoms with Crippen molar-refractivity contribution in [1.29, 1.82) is 0 Å². The fourth-order valence-corrected chi connectivity index (χ4v) is 3.85. The number of carboxylic acid groups (broad SMARTS) is 1. The molecule has 3 aromatic rings. The lowest BCUT2D eigenvalue weighted by Gasteiger charge is -2.37. The molecule has 154 valence electrons. The van der Waals surface area contributed by atoms with E-state index in [9.17, 15) is 14.7 Å². The summed E-state index contributed by atoms with van der Waals surface area (Å²) in [4.78, 5) is 26.1. The SMILES string of the molecule is CC(C)(C)[C@H](NC(=O)C(c1ccccc1)(c1ccccc1)c1ccccc1)C(=O)O. The third-order valence-corrected chi connectivity index (χ3v) is 5.35. The average Bonchev–Trinajstić information content (AvgIpc) is 2.74. The highest BCUT2D eigenvalue weighted by Crippen LogP contribution is 2.40. The minimum atomic E-state index is -1.19. The minimum absolute atomic E-state index is 0.367. The Morgan fingerprint density at radius 2 is 1.03 bits per heavy atom. The number of rotatable bonds is 6. The summed E-state index contributed by atoms with van der Waals surface area (Å²) in [5.74, 6) is -1.42. The fourth-order valence-electron chi connectivity index (χ4n) is 3.85. The van der Waals surface area contributed by atoms with E-state index in [-0.39, 0.29) is 5.91 Å². The fraction of sp³-hybridized carbons (Fsp3) is 0.231. The van der Waals surface area contributed by atoms with Crippen LogP contribution in [0.2, 0.25) is 0 Å². The summed E-state index contributed by atoms with van der Waals surface area (Å²) in [5, 5.41) is 12.7. The van der Waals surface area contributed by atoms with Gasteiger partial charge in [-0.05, 0) is 22.1 Å². The highest BCUT2D eigenvalue weighted by atomic mass is 16.4. The molecule has 0 aliphatic rings. The maximum absolute atomic E-state index is 14.1. The van der Waals surface area contributed by atoms with Gasteiger partial charge in [0.1, 0.15) is 11.5 Å². The summed E-state index contributed by atoms with van der Waals surface area (Å²) in [5.41, 5.74) is 0.480. The van der Waals surface area contributed by atoms with Crippen molar-refractivity contribution in [1.82, 2.24) is 5.32 Å². The molecule has 3 rings (SSSR count). The maximum atomic E-state index is 14.1. The molecule has 1 amide bonds. The number of benzene rings is 3. The van der Waals surface area contributed by atoms with Crippen LogP contribution in [0, 0.1) is 5.41 Å². The molecule has 0 unspecified atom stereocenters. The molecule has 2 N–H and O–H groups in total. The Kier molecular flexibility index (Phi) is 6.06. The molecule has 4 nitrogen and oxygen atoms in total. The van der Waals surface area contributed by atoms with Crippen molar-refractivity contribution in [2.75, 3.05) is 0 Å². The van der Waals surface area contributed by atoms with E-state index in [1.807, 2.05) is 91.0 Å². The van der Waals surface area contributed by atoms with Crippen LogP contribution >= 0.6 is 0 Å². The van der Waals surface area contributed by atoms with E-state index in [1.54, 1.807) is 20.8 Å². The second-order valence-electron chi connectivity index (χ2n) is 8.46. The number of carbonyl (C=O) groups is 2. The zero-order valence-electron chi connectivity index (χ0n) is 17.5. The monoisotopic (exact) mass is 401 g/mol. The Bertz CT molecular complexity index is 896. The standard InChI is InChI=1S/C26H27NO3/c1-25(2,3)22(23(28)29)27-24(30)26(19-13-7-4-8-14-19,20-15-9-5-10-16-20)21-17-11-6-12-18-21/h4-18,22H,1-3H3,(H,27,30)(H,28,29)/t22-/m1/s1. The Morgan fingerprint density at radius 1 is 0.700 bits per heavy atom. The first-order valence-corrected chi connectivity index (χ1v) is 9.98. The van der Waals surface area contributed by atoms with Crippen molar-refractivity contribution < 1.29 is 14.7 Å². The molecular weight excluding hydrogens is 374 g/mol. The van der Waals surface area contributed by atoms with Gasteiger partial charge in [-0.1, -0.05) is 112 Å². The lowest BCUT2D eigenvalue weighted by Crippen LogP contribution is -2.55. The Hall–Kier alpha value is -3.40. The van der Waals surface area contributed by atoms with Gasteiger partial charge in [-0.3, -0.25) is 4.79 Å². The summed E-state index contributed by atoms with van der Waals surface area (Å²) >= 11 is 0. The maximum Gasteiger partial charge on any atom is 0.326 e. The van der Waals surface area contributed by atoms with Crippen LogP contribution in [0.3, 0.4) is 0 Å². The quantitative estimate of drug-likeness (QED) is 0.592. The lowest BCUT2D eigenvalue weighted by molar-refractivity contribution is -0.145. The largest absolute Gasteiger partial charge is 0.480 e. The van der Waals surface area contributed by atoms with Crippen LogP contribution in [-0.2, 0) is 15.0 Å². The first kappa shape index (κ1) is 21.3. The predicted molar refractivity (Wildman–Crippen MR) is 118 cm³/mol. The molecule has 0 aromatic heterocycles. The number of hydrogen-bond acceptors (Lipinski definition) is 2. The molecule has 0 spiro atoms. The molecule has 30 heavy (non-hydrogen) atoms. The van der Waals surface area contributed by atoms with E-state index in [4.69, 9.17) is 0 Å². The predicted octanol–water partition coefficient (Wildman–Crippen LogP) is 4.64. The van der Waals surface area contributed by atoms with E-state index in [1.165, 1.54) is 0 Å². The van der Waals surface area contributed by atoms with Gasteiger partial charge in [-0.15, -0.1) is 0 Å². The topological polar surface area (TPSA) is 66.4 Å². The highest BCUT2D eigenvalue weighted by Gasteiger charge is 2.46. The van der Waals surface area contributed by atoms with Crippen LogP contribution in [0.5, 0.6) is 0 Å². The first-order valence-electron chi connectivity index (χ1n) is 9.98. The summed E-state index contributed by atoms with van der Waals surface area (Å²) in [6, 6.07) is 27.5. The van der Waals surface area contributed by atoms with Crippen LogP contribution in [0.4, 0.5) is 0 Å². The Balaban J connectivity index is 2.29. The Morgan fingerprint density at radius 3 is 1.30 bits per heavy atom. The average molecular weight is 402 g/mol. The van der Waals surface area contributed by atoms with Crippen LogP contribution in [0.25, 0.3) is 0 Å². The number of aliphatic carboxylic acids is 1. The first-order chi connectivity index (χ1) is 14.3. The summed E-state index contributed by atoms with van der Waals surface area (Å²) in [6.45, 7) is 5.42. The van der Waals surface area contributed by atoms with Gasteiger partial charge in [0.15, 0.2) is 0 Å².